The molecule has 1 amide bonds. The van der Waals surface area contributed by atoms with Gasteiger partial charge in [0.1, 0.15) is 17.2 Å². The van der Waals surface area contributed by atoms with E-state index in [-0.39, 0.29) is 23.5 Å². The summed E-state index contributed by atoms with van der Waals surface area (Å²) in [6.45, 7) is 1.91. The second-order valence-electron chi connectivity index (χ2n) is 6.07. The average molecular weight is 327 g/mol. The summed E-state index contributed by atoms with van der Waals surface area (Å²) in [5.74, 6) is 1.45. The number of anilines is 1. The minimum Gasteiger partial charge on any atom is -0.506 e. The van der Waals surface area contributed by atoms with E-state index in [1.165, 1.54) is 0 Å². The molecule has 0 radical (unpaired) electrons. The number of phenols is 1. The quantitative estimate of drug-likeness (QED) is 0.825. The normalized spacial score (nSPS) is 18.8. The van der Waals surface area contributed by atoms with E-state index in [4.69, 9.17) is 9.47 Å². The summed E-state index contributed by atoms with van der Waals surface area (Å²) in [6.07, 6.45) is 0.752. The van der Waals surface area contributed by atoms with Crippen LogP contribution in [0.4, 0.5) is 5.69 Å². The standard InChI is InChI=1S/C19H21NO4/c1-11-4-6-17(21)16(8-11)20-19(22)15-10-13(15)14-9-12(23-2)5-7-18(14)24-3/h4-9,13,15,21H,10H2,1-3H3,(H,20,22)/t13-,15-/m0/s1. The number of ether oxygens (including phenoxy) is 2. The summed E-state index contributed by atoms with van der Waals surface area (Å²) in [5.41, 5.74) is 2.40. The van der Waals surface area contributed by atoms with Gasteiger partial charge in [0.15, 0.2) is 0 Å². The van der Waals surface area contributed by atoms with Crippen molar-refractivity contribution in [1.82, 2.24) is 0 Å². The lowest BCUT2D eigenvalue weighted by Crippen LogP contribution is -2.15. The van der Waals surface area contributed by atoms with Crippen LogP contribution in [0.2, 0.25) is 0 Å². The number of carbonyl (C=O) groups is 1. The Hall–Kier alpha value is -2.69. The first-order valence-corrected chi connectivity index (χ1v) is 7.86. The molecule has 0 heterocycles. The number of aryl methyl sites for hydroxylation is 1. The maximum absolute atomic E-state index is 12.5. The van der Waals surface area contributed by atoms with E-state index < -0.39 is 0 Å². The smallest absolute Gasteiger partial charge is 0.228 e. The van der Waals surface area contributed by atoms with Crippen molar-refractivity contribution in [3.8, 4) is 17.2 Å². The van der Waals surface area contributed by atoms with Crippen LogP contribution in [-0.2, 0) is 4.79 Å². The first kappa shape index (κ1) is 16.2. The van der Waals surface area contributed by atoms with Crippen molar-refractivity contribution >= 4 is 11.6 Å². The highest BCUT2D eigenvalue weighted by Crippen LogP contribution is 2.51. The lowest BCUT2D eigenvalue weighted by atomic mass is 10.1. The average Bonchev–Trinajstić information content (AvgIpc) is 3.38. The molecule has 2 atom stereocenters. The zero-order valence-electron chi connectivity index (χ0n) is 14.0. The van der Waals surface area contributed by atoms with Gasteiger partial charge in [-0.05, 0) is 49.2 Å². The summed E-state index contributed by atoms with van der Waals surface area (Å²) in [5, 5.41) is 12.7. The summed E-state index contributed by atoms with van der Waals surface area (Å²) in [6, 6.07) is 10.8. The maximum atomic E-state index is 12.5. The number of nitrogens with one attached hydrogen (secondary N) is 1. The molecule has 0 saturated heterocycles. The third-order valence-electron chi connectivity index (χ3n) is 4.37. The van der Waals surface area contributed by atoms with Gasteiger partial charge in [-0.15, -0.1) is 0 Å². The third-order valence-corrected chi connectivity index (χ3v) is 4.37. The number of aromatic hydroxyl groups is 1. The Kier molecular flexibility index (Phi) is 4.34. The SMILES string of the molecule is COc1ccc(OC)c([C@@H]2C[C@@H]2C(=O)Nc2cc(C)ccc2O)c1. The number of hydrogen-bond donors (Lipinski definition) is 2. The molecule has 0 aliphatic heterocycles. The molecule has 0 unspecified atom stereocenters. The van der Waals surface area contributed by atoms with Gasteiger partial charge >= 0.3 is 0 Å². The van der Waals surface area contributed by atoms with Crippen LogP contribution in [-0.4, -0.2) is 25.2 Å². The van der Waals surface area contributed by atoms with E-state index in [1.807, 2.05) is 25.1 Å². The maximum Gasteiger partial charge on any atom is 0.228 e. The molecule has 0 spiro atoms. The predicted molar refractivity (Wildman–Crippen MR) is 91.9 cm³/mol. The van der Waals surface area contributed by atoms with Crippen LogP contribution in [0.1, 0.15) is 23.5 Å². The minimum absolute atomic E-state index is 0.0742. The first-order chi connectivity index (χ1) is 11.5. The molecule has 1 aliphatic carbocycles. The van der Waals surface area contributed by atoms with Crippen molar-refractivity contribution in [3.05, 3.63) is 47.5 Å². The van der Waals surface area contributed by atoms with Gasteiger partial charge in [0.25, 0.3) is 0 Å². The van der Waals surface area contributed by atoms with Gasteiger partial charge in [0.05, 0.1) is 19.9 Å². The molecule has 3 rings (SSSR count). The second-order valence-corrected chi connectivity index (χ2v) is 6.07. The van der Waals surface area contributed by atoms with E-state index in [9.17, 15) is 9.90 Å². The lowest BCUT2D eigenvalue weighted by molar-refractivity contribution is -0.117. The van der Waals surface area contributed by atoms with E-state index >= 15 is 0 Å². The predicted octanol–water partition coefficient (Wildman–Crippen LogP) is 3.46. The highest BCUT2D eigenvalue weighted by Gasteiger charge is 2.45. The van der Waals surface area contributed by atoms with E-state index in [1.54, 1.807) is 32.4 Å². The van der Waals surface area contributed by atoms with Crippen LogP contribution in [0.15, 0.2) is 36.4 Å². The molecule has 5 nitrogen and oxygen atoms in total. The van der Waals surface area contributed by atoms with Gasteiger partial charge in [0, 0.05) is 17.4 Å². The van der Waals surface area contributed by atoms with Crippen molar-refractivity contribution in [2.45, 2.75) is 19.3 Å². The largest absolute Gasteiger partial charge is 0.506 e. The molecule has 2 aromatic carbocycles. The van der Waals surface area contributed by atoms with Gasteiger partial charge in [-0.2, -0.15) is 0 Å². The van der Waals surface area contributed by atoms with Crippen molar-refractivity contribution in [3.63, 3.8) is 0 Å². The molecule has 2 aromatic rings. The molecule has 1 saturated carbocycles. The number of benzene rings is 2. The van der Waals surface area contributed by atoms with E-state index in [2.05, 4.69) is 5.32 Å². The zero-order chi connectivity index (χ0) is 17.3. The molecular formula is C19H21NO4. The molecule has 0 bridgehead atoms. The highest BCUT2D eigenvalue weighted by molar-refractivity contribution is 5.96. The van der Waals surface area contributed by atoms with Crippen molar-refractivity contribution < 1.29 is 19.4 Å². The Labute approximate surface area is 141 Å². The van der Waals surface area contributed by atoms with E-state index in [0.29, 0.717) is 5.69 Å². The molecule has 126 valence electrons. The number of phenolic OH excluding ortho intramolecular Hbond substituents is 1. The number of carbonyl (C=O) groups excluding carboxylic acids is 1. The van der Waals surface area contributed by atoms with Crippen molar-refractivity contribution in [2.75, 3.05) is 19.5 Å². The molecular weight excluding hydrogens is 306 g/mol. The van der Waals surface area contributed by atoms with Crippen LogP contribution >= 0.6 is 0 Å². The van der Waals surface area contributed by atoms with Crippen LogP contribution in [0.3, 0.4) is 0 Å². The Balaban J connectivity index is 1.75. The summed E-state index contributed by atoms with van der Waals surface area (Å²) in [4.78, 5) is 12.5. The monoisotopic (exact) mass is 327 g/mol. The summed E-state index contributed by atoms with van der Waals surface area (Å²) < 4.78 is 10.7. The number of methoxy groups -OCH3 is 2. The molecule has 5 heteroatoms. The topological polar surface area (TPSA) is 67.8 Å². The molecule has 2 N–H and O–H groups in total. The zero-order valence-corrected chi connectivity index (χ0v) is 14.0. The third kappa shape index (κ3) is 3.15. The fraction of sp³-hybridized carbons (Fsp3) is 0.316. The van der Waals surface area contributed by atoms with Gasteiger partial charge in [-0.1, -0.05) is 6.07 Å². The van der Waals surface area contributed by atoms with Gasteiger partial charge < -0.3 is 19.9 Å². The highest BCUT2D eigenvalue weighted by atomic mass is 16.5. The van der Waals surface area contributed by atoms with E-state index in [0.717, 1.165) is 29.0 Å². The van der Waals surface area contributed by atoms with Crippen LogP contribution < -0.4 is 14.8 Å². The van der Waals surface area contributed by atoms with Gasteiger partial charge in [0.2, 0.25) is 5.91 Å². The van der Waals surface area contributed by atoms with Gasteiger partial charge in [-0.25, -0.2) is 0 Å². The van der Waals surface area contributed by atoms with Crippen LogP contribution in [0.25, 0.3) is 0 Å². The minimum atomic E-state index is -0.133. The van der Waals surface area contributed by atoms with Crippen LogP contribution in [0.5, 0.6) is 17.2 Å². The second kappa shape index (κ2) is 6.43. The molecule has 1 aliphatic rings. The molecule has 1 fully saturated rings. The molecule has 24 heavy (non-hydrogen) atoms. The molecule has 0 aromatic heterocycles. The number of amides is 1. The Morgan fingerprint density at radius 1 is 1.17 bits per heavy atom. The van der Waals surface area contributed by atoms with Crippen LogP contribution in [0, 0.1) is 12.8 Å². The Bertz CT molecular complexity index is 772. The Morgan fingerprint density at radius 2 is 1.96 bits per heavy atom. The Morgan fingerprint density at radius 3 is 2.67 bits per heavy atom. The summed E-state index contributed by atoms with van der Waals surface area (Å²) >= 11 is 0. The lowest BCUT2D eigenvalue weighted by Gasteiger charge is -2.11. The number of rotatable bonds is 5. The first-order valence-electron chi connectivity index (χ1n) is 7.86. The fourth-order valence-corrected chi connectivity index (χ4v) is 2.93. The van der Waals surface area contributed by atoms with Gasteiger partial charge in [-0.3, -0.25) is 4.79 Å². The summed E-state index contributed by atoms with van der Waals surface area (Å²) in [7, 11) is 3.23. The number of hydrogen-bond acceptors (Lipinski definition) is 4. The van der Waals surface area contributed by atoms with Crippen molar-refractivity contribution in [2.24, 2.45) is 5.92 Å². The van der Waals surface area contributed by atoms with Crippen molar-refractivity contribution in [1.29, 1.82) is 0 Å². The fourth-order valence-electron chi connectivity index (χ4n) is 2.93.